The minimum absolute atomic E-state index is 0.160. The molecule has 2 unspecified atom stereocenters. The van der Waals surface area contributed by atoms with Gasteiger partial charge in [0.15, 0.2) is 0 Å². The van der Waals surface area contributed by atoms with Gasteiger partial charge in [-0.1, -0.05) is 13.3 Å². The summed E-state index contributed by atoms with van der Waals surface area (Å²) in [4.78, 5) is 22.7. The molecule has 1 heterocycles. The molecule has 0 bridgehead atoms. The van der Waals surface area contributed by atoms with Gasteiger partial charge in [0, 0.05) is 18.9 Å². The molecule has 1 aromatic heterocycles. The summed E-state index contributed by atoms with van der Waals surface area (Å²) < 4.78 is 1.53. The number of aliphatic carboxylic acids is 1. The maximum atomic E-state index is 11.8. The maximum absolute atomic E-state index is 11.8. The normalized spacial score (nSPS) is 13.9. The highest BCUT2D eigenvalue weighted by molar-refractivity contribution is 5.80. The number of nitrogens with one attached hydrogen (secondary N) is 1. The summed E-state index contributed by atoms with van der Waals surface area (Å²) >= 11 is 0. The van der Waals surface area contributed by atoms with Gasteiger partial charge in [-0.25, -0.2) is 0 Å². The number of aromatic nitrogens is 2. The Bertz CT molecular complexity index is 389. The van der Waals surface area contributed by atoms with Gasteiger partial charge < -0.3 is 10.4 Å². The van der Waals surface area contributed by atoms with E-state index in [-0.39, 0.29) is 12.5 Å². The first-order valence-electron chi connectivity index (χ1n) is 6.05. The van der Waals surface area contributed by atoms with Crippen molar-refractivity contribution in [3.8, 4) is 0 Å². The van der Waals surface area contributed by atoms with E-state index in [2.05, 4.69) is 10.4 Å². The number of hydrogen-bond donors (Lipinski definition) is 2. The first-order valence-corrected chi connectivity index (χ1v) is 6.05. The lowest BCUT2D eigenvalue weighted by molar-refractivity contribution is -0.142. The number of carboxylic acid groups (broad SMARTS) is 1. The number of nitrogens with zero attached hydrogens (tertiary/aromatic N) is 2. The third kappa shape index (κ3) is 3.87. The van der Waals surface area contributed by atoms with Crippen molar-refractivity contribution in [3.05, 3.63) is 18.5 Å². The first kappa shape index (κ1) is 14.2. The number of amides is 1. The molecular formula is C12H19N3O3. The van der Waals surface area contributed by atoms with Gasteiger partial charge in [-0.3, -0.25) is 14.3 Å². The predicted molar refractivity (Wildman–Crippen MR) is 66.0 cm³/mol. The van der Waals surface area contributed by atoms with Crippen LogP contribution in [-0.4, -0.2) is 33.3 Å². The van der Waals surface area contributed by atoms with Gasteiger partial charge in [0.05, 0.1) is 5.92 Å². The van der Waals surface area contributed by atoms with Crippen molar-refractivity contribution in [2.24, 2.45) is 5.92 Å². The van der Waals surface area contributed by atoms with Crippen LogP contribution in [0.3, 0.4) is 0 Å². The Kier molecular flexibility index (Phi) is 5.35. The van der Waals surface area contributed by atoms with Gasteiger partial charge in [-0.2, -0.15) is 5.10 Å². The summed E-state index contributed by atoms with van der Waals surface area (Å²) in [7, 11) is 0. The molecule has 2 atom stereocenters. The Balaban J connectivity index is 2.47. The summed E-state index contributed by atoms with van der Waals surface area (Å²) in [5.74, 6) is -1.62. The van der Waals surface area contributed by atoms with Crippen LogP contribution in [0.4, 0.5) is 0 Å². The largest absolute Gasteiger partial charge is 0.481 e. The van der Waals surface area contributed by atoms with E-state index >= 15 is 0 Å². The van der Waals surface area contributed by atoms with Gasteiger partial charge in [0.25, 0.3) is 0 Å². The van der Waals surface area contributed by atoms with Crippen molar-refractivity contribution in [3.63, 3.8) is 0 Å². The molecule has 6 heteroatoms. The van der Waals surface area contributed by atoms with Crippen LogP contribution in [0, 0.1) is 5.92 Å². The molecule has 2 N–H and O–H groups in total. The van der Waals surface area contributed by atoms with E-state index in [0.717, 1.165) is 6.42 Å². The molecule has 0 aromatic carbocycles. The highest BCUT2D eigenvalue weighted by Crippen LogP contribution is 2.07. The second-order valence-electron chi connectivity index (χ2n) is 4.23. The van der Waals surface area contributed by atoms with E-state index < -0.39 is 17.9 Å². The van der Waals surface area contributed by atoms with Crippen LogP contribution in [0.5, 0.6) is 0 Å². The van der Waals surface area contributed by atoms with Crippen LogP contribution in [0.2, 0.25) is 0 Å². The fourth-order valence-electron chi connectivity index (χ4n) is 1.66. The average Bonchev–Trinajstić information content (AvgIpc) is 2.86. The zero-order valence-electron chi connectivity index (χ0n) is 10.7. The molecule has 100 valence electrons. The molecule has 6 nitrogen and oxygen atoms in total. The Morgan fingerprint density at radius 2 is 2.22 bits per heavy atom. The van der Waals surface area contributed by atoms with E-state index in [1.165, 1.54) is 4.68 Å². The number of carbonyl (C=O) groups excluding carboxylic acids is 1. The standard InChI is InChI=1S/C12H19N3O3/c1-3-5-10(12(17)18)8-13-11(16)9(2)15-7-4-6-14-15/h4,6-7,9-10H,3,5,8H2,1-2H3,(H,13,16)(H,17,18). The van der Waals surface area contributed by atoms with Crippen LogP contribution in [-0.2, 0) is 9.59 Å². The Hall–Kier alpha value is -1.85. The van der Waals surface area contributed by atoms with Gasteiger partial charge in [0.1, 0.15) is 6.04 Å². The van der Waals surface area contributed by atoms with Crippen LogP contribution in [0.1, 0.15) is 32.7 Å². The monoisotopic (exact) mass is 253 g/mol. The average molecular weight is 253 g/mol. The van der Waals surface area contributed by atoms with Crippen molar-refractivity contribution < 1.29 is 14.7 Å². The summed E-state index contributed by atoms with van der Waals surface area (Å²) in [6.45, 7) is 3.80. The molecule has 0 fully saturated rings. The van der Waals surface area contributed by atoms with E-state index in [1.807, 2.05) is 6.92 Å². The van der Waals surface area contributed by atoms with Gasteiger partial charge in [-0.15, -0.1) is 0 Å². The third-order valence-corrected chi connectivity index (χ3v) is 2.81. The highest BCUT2D eigenvalue weighted by atomic mass is 16.4. The molecule has 0 spiro atoms. The zero-order valence-corrected chi connectivity index (χ0v) is 10.7. The van der Waals surface area contributed by atoms with E-state index in [1.54, 1.807) is 25.4 Å². The maximum Gasteiger partial charge on any atom is 0.308 e. The topological polar surface area (TPSA) is 84.2 Å². The smallest absolute Gasteiger partial charge is 0.308 e. The number of hydrogen-bond acceptors (Lipinski definition) is 3. The molecule has 0 radical (unpaired) electrons. The Labute approximate surface area is 106 Å². The van der Waals surface area contributed by atoms with E-state index in [9.17, 15) is 9.59 Å². The summed E-state index contributed by atoms with van der Waals surface area (Å²) in [5, 5.41) is 15.6. The third-order valence-electron chi connectivity index (χ3n) is 2.81. The molecule has 0 aliphatic rings. The second kappa shape index (κ2) is 6.78. The molecule has 0 aliphatic carbocycles. The minimum atomic E-state index is -0.871. The van der Waals surface area contributed by atoms with Crippen LogP contribution < -0.4 is 5.32 Å². The number of rotatable bonds is 7. The molecule has 0 saturated carbocycles. The highest BCUT2D eigenvalue weighted by Gasteiger charge is 2.20. The quantitative estimate of drug-likeness (QED) is 0.761. The Morgan fingerprint density at radius 1 is 1.50 bits per heavy atom. The second-order valence-corrected chi connectivity index (χ2v) is 4.23. The van der Waals surface area contributed by atoms with Crippen LogP contribution in [0.15, 0.2) is 18.5 Å². The van der Waals surface area contributed by atoms with Gasteiger partial charge in [-0.05, 0) is 19.4 Å². The lowest BCUT2D eigenvalue weighted by Gasteiger charge is -2.16. The SMILES string of the molecule is CCCC(CNC(=O)C(C)n1cccn1)C(=O)O. The first-order chi connectivity index (χ1) is 8.56. The van der Waals surface area contributed by atoms with Gasteiger partial charge >= 0.3 is 5.97 Å². The number of carboxylic acids is 1. The fourth-order valence-corrected chi connectivity index (χ4v) is 1.66. The van der Waals surface area contributed by atoms with E-state index in [0.29, 0.717) is 6.42 Å². The molecular weight excluding hydrogens is 234 g/mol. The fraction of sp³-hybridized carbons (Fsp3) is 0.583. The minimum Gasteiger partial charge on any atom is -0.481 e. The molecule has 1 amide bonds. The molecule has 1 aromatic rings. The van der Waals surface area contributed by atoms with Crippen molar-refractivity contribution in [1.82, 2.24) is 15.1 Å². The Morgan fingerprint density at radius 3 is 2.72 bits per heavy atom. The predicted octanol–water partition coefficient (Wildman–Crippen LogP) is 1.06. The van der Waals surface area contributed by atoms with Crippen molar-refractivity contribution in [1.29, 1.82) is 0 Å². The van der Waals surface area contributed by atoms with Crippen molar-refractivity contribution >= 4 is 11.9 Å². The molecule has 1 rings (SSSR count). The van der Waals surface area contributed by atoms with Gasteiger partial charge in [0.2, 0.25) is 5.91 Å². The molecule has 0 aliphatic heterocycles. The lowest BCUT2D eigenvalue weighted by Crippen LogP contribution is -2.37. The van der Waals surface area contributed by atoms with E-state index in [4.69, 9.17) is 5.11 Å². The summed E-state index contributed by atoms with van der Waals surface area (Å²) in [6, 6.07) is 1.30. The number of carbonyl (C=O) groups is 2. The van der Waals surface area contributed by atoms with Crippen molar-refractivity contribution in [2.75, 3.05) is 6.54 Å². The van der Waals surface area contributed by atoms with Crippen LogP contribution in [0.25, 0.3) is 0 Å². The van der Waals surface area contributed by atoms with Crippen LogP contribution >= 0.6 is 0 Å². The van der Waals surface area contributed by atoms with Crippen molar-refractivity contribution in [2.45, 2.75) is 32.7 Å². The molecule has 0 saturated heterocycles. The summed E-state index contributed by atoms with van der Waals surface area (Å²) in [5.41, 5.74) is 0. The summed E-state index contributed by atoms with van der Waals surface area (Å²) in [6.07, 6.45) is 4.64. The zero-order chi connectivity index (χ0) is 13.5. The molecule has 18 heavy (non-hydrogen) atoms. The lowest BCUT2D eigenvalue weighted by atomic mass is 10.0.